The van der Waals surface area contributed by atoms with Crippen molar-refractivity contribution >= 4 is 56.7 Å². The molecule has 1 aliphatic heterocycles. The second kappa shape index (κ2) is 13.8. The number of nitrogens with zero attached hydrogens (tertiary/aromatic N) is 4. The molecule has 0 aliphatic carbocycles. The molecule has 11 nitrogen and oxygen atoms in total. The van der Waals surface area contributed by atoms with Crippen LogP contribution < -0.4 is 15.5 Å². The van der Waals surface area contributed by atoms with Gasteiger partial charge in [0.2, 0.25) is 0 Å². The molecule has 0 radical (unpaired) electrons. The summed E-state index contributed by atoms with van der Waals surface area (Å²) in [5.41, 5.74) is 5.35. The van der Waals surface area contributed by atoms with Crippen LogP contribution in [-0.4, -0.2) is 62.0 Å². The molecule has 2 amide bonds. The van der Waals surface area contributed by atoms with Gasteiger partial charge >= 0.3 is 5.97 Å². The second-order valence-corrected chi connectivity index (χ2v) is 13.9. The van der Waals surface area contributed by atoms with E-state index < -0.39 is 5.60 Å². The number of aromatic nitrogens is 3. The number of rotatable bonds is 8. The largest absolute Gasteiger partial charge is 0.459 e. The van der Waals surface area contributed by atoms with E-state index in [1.54, 1.807) is 23.0 Å². The number of fused-ring (bicyclic) bond motifs is 2. The predicted octanol–water partition coefficient (Wildman–Crippen LogP) is 6.79. The fraction of sp³-hybridized carbons (Fsp3) is 0.250. The first kappa shape index (κ1) is 33.6. The summed E-state index contributed by atoms with van der Waals surface area (Å²) in [6.07, 6.45) is 4.84. The number of aliphatic hydroxyl groups excluding tert-OH is 1. The average molecular weight is 685 g/mol. The van der Waals surface area contributed by atoms with Gasteiger partial charge in [0, 0.05) is 63.8 Å². The number of amides is 2. The van der Waals surface area contributed by atoms with Gasteiger partial charge in [-0.1, -0.05) is 0 Å². The predicted molar refractivity (Wildman–Crippen MR) is 199 cm³/mol. The Bertz CT molecular complexity index is 2220. The highest BCUT2D eigenvalue weighted by molar-refractivity contribution is 6.06. The molecule has 0 unspecified atom stereocenters. The SMILES string of the molecule is CC(C)(C)OC(=O)Cn1ccc2cc(NC(=O)c3ccc(-n4ncc5cc(NC(=O)c6ccc(N7CCC(O)CC7)cc6)ccc54)cc3)ccc21. The van der Waals surface area contributed by atoms with Crippen molar-refractivity contribution in [1.82, 2.24) is 14.3 Å². The number of esters is 1. The van der Waals surface area contributed by atoms with Crippen molar-refractivity contribution in [3.05, 3.63) is 115 Å². The standard InChI is InChI=1S/C40H40N6O5/c1-40(2,3)51-37(48)25-45-19-16-28-22-30(8-14-35(28)45)42-39(50)27-6-12-33(13-7-27)46-36-15-9-31(23-29(36)24-41-46)43-38(49)26-4-10-32(11-5-26)44-20-17-34(47)18-21-44/h4-16,19,22-24,34,47H,17-18,20-21,25H2,1-3H3,(H,42,50)(H,43,49). The summed E-state index contributed by atoms with van der Waals surface area (Å²) in [5, 5.41) is 22.0. The number of carbonyl (C=O) groups excluding carboxylic acids is 3. The smallest absolute Gasteiger partial charge is 0.326 e. The Morgan fingerprint density at radius 1 is 0.765 bits per heavy atom. The Labute approximate surface area is 295 Å². The Morgan fingerprint density at radius 2 is 1.33 bits per heavy atom. The molecule has 0 spiro atoms. The third-order valence-electron chi connectivity index (χ3n) is 8.91. The minimum Gasteiger partial charge on any atom is -0.459 e. The van der Waals surface area contributed by atoms with E-state index in [0.29, 0.717) is 22.5 Å². The Kier molecular flexibility index (Phi) is 9.05. The molecule has 0 saturated carbocycles. The van der Waals surface area contributed by atoms with Crippen LogP contribution in [0.3, 0.4) is 0 Å². The minimum atomic E-state index is -0.553. The molecule has 6 aromatic rings. The highest BCUT2D eigenvalue weighted by atomic mass is 16.6. The van der Waals surface area contributed by atoms with Crippen LogP contribution in [0.2, 0.25) is 0 Å². The third kappa shape index (κ3) is 7.63. The molecule has 0 atom stereocenters. The van der Waals surface area contributed by atoms with Crippen molar-refractivity contribution in [2.75, 3.05) is 28.6 Å². The lowest BCUT2D eigenvalue weighted by atomic mass is 10.1. The van der Waals surface area contributed by atoms with E-state index in [1.807, 2.05) is 110 Å². The summed E-state index contributed by atoms with van der Waals surface area (Å²) in [6.45, 7) is 7.22. The molecule has 11 heteroatoms. The molecule has 7 rings (SSSR count). The number of carbonyl (C=O) groups is 3. The van der Waals surface area contributed by atoms with Crippen molar-refractivity contribution in [3.8, 4) is 5.69 Å². The number of aliphatic hydroxyl groups is 1. The molecule has 260 valence electrons. The molecule has 3 heterocycles. The van der Waals surface area contributed by atoms with Crippen molar-refractivity contribution in [2.24, 2.45) is 0 Å². The molecular formula is C40H40N6O5. The van der Waals surface area contributed by atoms with E-state index in [4.69, 9.17) is 4.74 Å². The van der Waals surface area contributed by atoms with Crippen LogP contribution in [0.5, 0.6) is 0 Å². The van der Waals surface area contributed by atoms with Crippen LogP contribution in [0.15, 0.2) is 103 Å². The fourth-order valence-corrected chi connectivity index (χ4v) is 6.35. The van der Waals surface area contributed by atoms with Crippen LogP contribution >= 0.6 is 0 Å². The zero-order valence-electron chi connectivity index (χ0n) is 28.8. The van der Waals surface area contributed by atoms with E-state index in [-0.39, 0.29) is 30.4 Å². The molecular weight excluding hydrogens is 644 g/mol. The van der Waals surface area contributed by atoms with Gasteiger partial charge < -0.3 is 29.9 Å². The first-order valence-electron chi connectivity index (χ1n) is 17.0. The normalized spacial score (nSPS) is 13.8. The maximum absolute atomic E-state index is 13.1. The van der Waals surface area contributed by atoms with Crippen LogP contribution in [0.1, 0.15) is 54.3 Å². The van der Waals surface area contributed by atoms with Crippen LogP contribution in [0.25, 0.3) is 27.5 Å². The summed E-state index contributed by atoms with van der Waals surface area (Å²) >= 11 is 0. The summed E-state index contributed by atoms with van der Waals surface area (Å²) in [5.74, 6) is -0.763. The van der Waals surface area contributed by atoms with Crippen molar-refractivity contribution in [3.63, 3.8) is 0 Å². The van der Waals surface area contributed by atoms with E-state index in [0.717, 1.165) is 59.1 Å². The van der Waals surface area contributed by atoms with Gasteiger partial charge in [0.05, 0.1) is 23.5 Å². The molecule has 3 N–H and O–H groups in total. The van der Waals surface area contributed by atoms with Crippen molar-refractivity contribution < 1.29 is 24.2 Å². The quantitative estimate of drug-likeness (QED) is 0.151. The monoisotopic (exact) mass is 684 g/mol. The molecule has 51 heavy (non-hydrogen) atoms. The molecule has 1 fully saturated rings. The maximum Gasteiger partial charge on any atom is 0.326 e. The second-order valence-electron chi connectivity index (χ2n) is 13.9. The Morgan fingerprint density at radius 3 is 1.94 bits per heavy atom. The summed E-state index contributed by atoms with van der Waals surface area (Å²) < 4.78 is 9.06. The molecule has 1 aliphatic rings. The van der Waals surface area contributed by atoms with E-state index in [9.17, 15) is 19.5 Å². The first-order valence-corrected chi connectivity index (χ1v) is 17.0. The molecule has 1 saturated heterocycles. The Hall–Kier alpha value is -5.94. The van der Waals surface area contributed by atoms with Gasteiger partial charge in [0.25, 0.3) is 11.8 Å². The van der Waals surface area contributed by atoms with Gasteiger partial charge in [-0.05, 0) is 125 Å². The van der Waals surface area contributed by atoms with Gasteiger partial charge in [-0.3, -0.25) is 14.4 Å². The van der Waals surface area contributed by atoms with Gasteiger partial charge in [-0.25, -0.2) is 4.68 Å². The Balaban J connectivity index is 0.976. The van der Waals surface area contributed by atoms with Crippen LogP contribution in [-0.2, 0) is 16.1 Å². The number of ether oxygens (including phenoxy) is 1. The fourth-order valence-electron chi connectivity index (χ4n) is 6.35. The third-order valence-corrected chi connectivity index (χ3v) is 8.91. The lowest BCUT2D eigenvalue weighted by Gasteiger charge is -2.31. The summed E-state index contributed by atoms with van der Waals surface area (Å²) in [7, 11) is 0. The lowest BCUT2D eigenvalue weighted by Crippen LogP contribution is -2.35. The van der Waals surface area contributed by atoms with Gasteiger partial charge in [-0.15, -0.1) is 0 Å². The van der Waals surface area contributed by atoms with Gasteiger partial charge in [-0.2, -0.15) is 5.10 Å². The number of nitrogens with one attached hydrogen (secondary N) is 2. The number of hydrogen-bond donors (Lipinski definition) is 3. The van der Waals surface area contributed by atoms with E-state index in [1.165, 1.54) is 0 Å². The molecule has 2 aromatic heterocycles. The zero-order chi connectivity index (χ0) is 35.7. The highest BCUT2D eigenvalue weighted by Gasteiger charge is 2.19. The lowest BCUT2D eigenvalue weighted by molar-refractivity contribution is -0.155. The molecule has 0 bridgehead atoms. The average Bonchev–Trinajstić information content (AvgIpc) is 3.71. The van der Waals surface area contributed by atoms with Crippen LogP contribution in [0.4, 0.5) is 17.1 Å². The number of anilines is 3. The zero-order valence-corrected chi connectivity index (χ0v) is 28.8. The minimum absolute atomic E-state index is 0.102. The van der Waals surface area contributed by atoms with Gasteiger partial charge in [0.1, 0.15) is 12.1 Å². The molecule has 4 aromatic carbocycles. The maximum atomic E-state index is 13.1. The van der Waals surface area contributed by atoms with E-state index >= 15 is 0 Å². The first-order chi connectivity index (χ1) is 24.5. The number of piperidine rings is 1. The van der Waals surface area contributed by atoms with Crippen molar-refractivity contribution in [1.29, 1.82) is 0 Å². The van der Waals surface area contributed by atoms with Gasteiger partial charge in [0.15, 0.2) is 0 Å². The summed E-state index contributed by atoms with van der Waals surface area (Å²) in [4.78, 5) is 40.7. The topological polar surface area (TPSA) is 131 Å². The van der Waals surface area contributed by atoms with Crippen LogP contribution in [0, 0.1) is 0 Å². The summed E-state index contributed by atoms with van der Waals surface area (Å²) in [6, 6.07) is 27.8. The van der Waals surface area contributed by atoms with E-state index in [2.05, 4.69) is 20.6 Å². The van der Waals surface area contributed by atoms with Crippen molar-refractivity contribution in [2.45, 2.75) is 51.9 Å². The number of benzene rings is 4. The highest BCUT2D eigenvalue weighted by Crippen LogP contribution is 2.26. The number of hydrogen-bond acceptors (Lipinski definition) is 7.